The van der Waals surface area contributed by atoms with E-state index in [-0.39, 0.29) is 17.9 Å². The largest absolute Gasteiger partial charge is 0.495 e. The van der Waals surface area contributed by atoms with Gasteiger partial charge in [-0.25, -0.2) is 4.98 Å². The molecule has 2 bridgehead atoms. The molecule has 0 saturated carbocycles. The Morgan fingerprint density at radius 3 is 2.76 bits per heavy atom. The summed E-state index contributed by atoms with van der Waals surface area (Å²) in [6, 6.07) is 16.0. The van der Waals surface area contributed by atoms with Gasteiger partial charge in [-0.2, -0.15) is 0 Å². The molecular formula is C22H18ClN3O3. The van der Waals surface area contributed by atoms with Crippen molar-refractivity contribution in [2.45, 2.75) is 18.5 Å². The minimum absolute atomic E-state index is 0.0682. The average Bonchev–Trinajstić information content (AvgIpc) is 3.31. The molecule has 2 aliphatic heterocycles. The molecule has 2 atom stereocenters. The fourth-order valence-electron chi connectivity index (χ4n) is 4.28. The zero-order chi connectivity index (χ0) is 20.1. The van der Waals surface area contributed by atoms with Gasteiger partial charge >= 0.3 is 0 Å². The van der Waals surface area contributed by atoms with Gasteiger partial charge in [0.1, 0.15) is 17.5 Å². The van der Waals surface area contributed by atoms with Crippen molar-refractivity contribution in [3.63, 3.8) is 0 Å². The number of nitrogens with zero attached hydrogens (tertiary/aromatic N) is 3. The van der Waals surface area contributed by atoms with Crippen LogP contribution in [0.1, 0.15) is 16.9 Å². The molecule has 1 aromatic heterocycles. The zero-order valence-corrected chi connectivity index (χ0v) is 16.5. The van der Waals surface area contributed by atoms with Crippen LogP contribution in [0.4, 0.5) is 5.69 Å². The molecule has 2 aliphatic rings. The van der Waals surface area contributed by atoms with Crippen LogP contribution >= 0.6 is 11.6 Å². The van der Waals surface area contributed by atoms with Gasteiger partial charge in [-0.05, 0) is 36.8 Å². The van der Waals surface area contributed by atoms with Crippen LogP contribution in [0, 0.1) is 0 Å². The summed E-state index contributed by atoms with van der Waals surface area (Å²) in [5.41, 5.74) is 1.86. The number of methoxy groups -OCH3 is 1. The molecule has 6 nitrogen and oxygen atoms in total. The van der Waals surface area contributed by atoms with E-state index in [1.807, 2.05) is 36.4 Å². The molecule has 0 spiro atoms. The number of amides is 2. The van der Waals surface area contributed by atoms with Crippen molar-refractivity contribution in [1.82, 2.24) is 9.88 Å². The van der Waals surface area contributed by atoms with Gasteiger partial charge in [0.2, 0.25) is 5.91 Å². The molecular weight excluding hydrogens is 390 g/mol. The van der Waals surface area contributed by atoms with Crippen LogP contribution in [-0.2, 0) is 4.79 Å². The number of rotatable bonds is 3. The highest BCUT2D eigenvalue weighted by Crippen LogP contribution is 2.38. The van der Waals surface area contributed by atoms with E-state index in [4.69, 9.17) is 16.3 Å². The summed E-state index contributed by atoms with van der Waals surface area (Å²) in [6.45, 7) is 0.480. The third-order valence-electron chi connectivity index (χ3n) is 5.66. The topological polar surface area (TPSA) is 62.7 Å². The van der Waals surface area contributed by atoms with Crippen LogP contribution in [0.25, 0.3) is 10.9 Å². The fraction of sp³-hybridized carbons (Fsp3) is 0.227. The lowest BCUT2D eigenvalue weighted by molar-refractivity contribution is -0.121. The second-order valence-electron chi connectivity index (χ2n) is 7.28. The number of fused-ring (bicyclic) bond motifs is 3. The van der Waals surface area contributed by atoms with Gasteiger partial charge in [-0.1, -0.05) is 35.9 Å². The number of anilines is 1. The summed E-state index contributed by atoms with van der Waals surface area (Å²) in [7, 11) is 1.55. The maximum absolute atomic E-state index is 13.1. The molecule has 0 radical (unpaired) electrons. The lowest BCUT2D eigenvalue weighted by atomic mass is 10.2. The quantitative estimate of drug-likeness (QED) is 0.666. The van der Waals surface area contributed by atoms with Gasteiger partial charge in [-0.3, -0.25) is 9.59 Å². The molecule has 7 heteroatoms. The second kappa shape index (κ2) is 6.74. The van der Waals surface area contributed by atoms with Crippen molar-refractivity contribution < 1.29 is 14.3 Å². The van der Waals surface area contributed by atoms with Crippen molar-refractivity contribution in [3.05, 3.63) is 65.3 Å². The van der Waals surface area contributed by atoms with Crippen molar-refractivity contribution >= 4 is 40.0 Å². The first kappa shape index (κ1) is 17.9. The average molecular weight is 408 g/mol. The lowest BCUT2D eigenvalue weighted by Crippen LogP contribution is -2.52. The molecule has 29 heavy (non-hydrogen) atoms. The summed E-state index contributed by atoms with van der Waals surface area (Å²) in [5, 5.41) is 1.43. The van der Waals surface area contributed by atoms with E-state index in [0.717, 1.165) is 16.6 Å². The van der Waals surface area contributed by atoms with Crippen LogP contribution in [-0.4, -0.2) is 47.4 Å². The van der Waals surface area contributed by atoms with Crippen molar-refractivity contribution in [1.29, 1.82) is 0 Å². The number of benzene rings is 2. The van der Waals surface area contributed by atoms with E-state index < -0.39 is 6.04 Å². The minimum atomic E-state index is -0.471. The predicted molar refractivity (Wildman–Crippen MR) is 110 cm³/mol. The van der Waals surface area contributed by atoms with Crippen molar-refractivity contribution in [2.75, 3.05) is 18.6 Å². The molecule has 2 aromatic carbocycles. The Hall–Kier alpha value is -3.12. The Kier molecular flexibility index (Phi) is 4.17. The minimum Gasteiger partial charge on any atom is -0.495 e. The second-order valence-corrected chi connectivity index (χ2v) is 7.69. The van der Waals surface area contributed by atoms with Crippen LogP contribution in [0.2, 0.25) is 5.02 Å². The Balaban J connectivity index is 1.40. The lowest BCUT2D eigenvalue weighted by Gasteiger charge is -2.34. The molecule has 0 N–H and O–H groups in total. The molecule has 146 valence electrons. The van der Waals surface area contributed by atoms with Gasteiger partial charge < -0.3 is 14.5 Å². The number of likely N-dealkylation sites (tertiary alicyclic amines) is 1. The van der Waals surface area contributed by atoms with Crippen LogP contribution in [0.15, 0.2) is 54.6 Å². The zero-order valence-electron chi connectivity index (χ0n) is 15.7. The third-order valence-corrected chi connectivity index (χ3v) is 5.95. The maximum Gasteiger partial charge on any atom is 0.273 e. The highest BCUT2D eigenvalue weighted by Gasteiger charge is 2.52. The summed E-state index contributed by atoms with van der Waals surface area (Å²) < 4.78 is 5.18. The van der Waals surface area contributed by atoms with E-state index in [0.29, 0.717) is 29.4 Å². The highest BCUT2D eigenvalue weighted by atomic mass is 35.5. The number of piperazine rings is 1. The van der Waals surface area contributed by atoms with E-state index in [9.17, 15) is 9.59 Å². The number of hydrogen-bond donors (Lipinski definition) is 0. The number of carbonyl (C=O) groups excluding carboxylic acids is 2. The Morgan fingerprint density at radius 2 is 2.00 bits per heavy atom. The standard InChI is InChI=1S/C22H18ClN3O3/c1-29-20-9-7-14(10-16(20)23)26-15-11-19(22(26)28)25(12-15)21(27)18-8-6-13-4-2-3-5-17(13)24-18/h2-10,15,19H,11-12H2,1H3/t15-,19-/m0/s1. The molecule has 2 saturated heterocycles. The third kappa shape index (κ3) is 2.83. The van der Waals surface area contributed by atoms with Gasteiger partial charge in [0.25, 0.3) is 5.91 Å². The summed E-state index contributed by atoms with van der Waals surface area (Å²) in [6.07, 6.45) is 0.613. The molecule has 2 fully saturated rings. The summed E-state index contributed by atoms with van der Waals surface area (Å²) in [5.74, 6) is 0.270. The smallest absolute Gasteiger partial charge is 0.273 e. The summed E-state index contributed by atoms with van der Waals surface area (Å²) in [4.78, 5) is 34.0. The first-order valence-electron chi connectivity index (χ1n) is 9.40. The number of halogens is 1. The van der Waals surface area contributed by atoms with Gasteiger partial charge in [0.05, 0.1) is 23.7 Å². The molecule has 0 unspecified atom stereocenters. The number of aromatic nitrogens is 1. The Bertz CT molecular complexity index is 1150. The van der Waals surface area contributed by atoms with E-state index in [2.05, 4.69) is 4.98 Å². The molecule has 2 amide bonds. The van der Waals surface area contributed by atoms with Gasteiger partial charge in [0, 0.05) is 17.6 Å². The van der Waals surface area contributed by atoms with Crippen LogP contribution in [0.3, 0.4) is 0 Å². The van der Waals surface area contributed by atoms with Crippen molar-refractivity contribution in [3.8, 4) is 5.75 Å². The number of para-hydroxylation sites is 1. The predicted octanol–water partition coefficient (Wildman–Crippen LogP) is 3.53. The molecule has 0 aliphatic carbocycles. The maximum atomic E-state index is 13.1. The molecule has 5 rings (SSSR count). The molecule has 3 aromatic rings. The molecule has 3 heterocycles. The van der Waals surface area contributed by atoms with E-state index >= 15 is 0 Å². The first-order chi connectivity index (χ1) is 14.1. The SMILES string of the molecule is COc1ccc(N2C(=O)[C@@H]3C[C@H]2CN3C(=O)c2ccc3ccccc3n2)cc1Cl. The monoisotopic (exact) mass is 407 g/mol. The normalized spacial score (nSPS) is 20.6. The Morgan fingerprint density at radius 1 is 1.17 bits per heavy atom. The van der Waals surface area contributed by atoms with Crippen LogP contribution in [0.5, 0.6) is 5.75 Å². The van der Waals surface area contributed by atoms with E-state index in [1.54, 1.807) is 35.1 Å². The summed E-state index contributed by atoms with van der Waals surface area (Å²) >= 11 is 6.23. The van der Waals surface area contributed by atoms with Gasteiger partial charge in [0.15, 0.2) is 0 Å². The Labute approximate surface area is 172 Å². The first-order valence-corrected chi connectivity index (χ1v) is 9.78. The van der Waals surface area contributed by atoms with Gasteiger partial charge in [-0.15, -0.1) is 0 Å². The van der Waals surface area contributed by atoms with Crippen molar-refractivity contribution in [2.24, 2.45) is 0 Å². The number of ether oxygens (including phenoxy) is 1. The fourth-order valence-corrected chi connectivity index (χ4v) is 4.53. The number of hydrogen-bond acceptors (Lipinski definition) is 4. The highest BCUT2D eigenvalue weighted by molar-refractivity contribution is 6.32. The number of pyridine rings is 1. The van der Waals surface area contributed by atoms with Crippen LogP contribution < -0.4 is 9.64 Å². The number of carbonyl (C=O) groups is 2. The van der Waals surface area contributed by atoms with E-state index in [1.165, 1.54) is 0 Å².